The lowest BCUT2D eigenvalue weighted by atomic mass is 10.1. The van der Waals surface area contributed by atoms with Gasteiger partial charge >= 0.3 is 5.97 Å². The molecule has 3 aromatic carbocycles. The molecule has 0 aliphatic carbocycles. The average Bonchev–Trinajstić information content (AvgIpc) is 3.12. The number of hydrogen-bond donors (Lipinski definition) is 2. The highest BCUT2D eigenvalue weighted by atomic mass is 16.5. The first kappa shape index (κ1) is 37.0. The van der Waals surface area contributed by atoms with Crippen LogP contribution in [0.3, 0.4) is 0 Å². The normalized spacial score (nSPS) is 10.9. The molecule has 4 rings (SSSR count). The third-order valence-electron chi connectivity index (χ3n) is 8.31. The van der Waals surface area contributed by atoms with Crippen LogP contribution >= 0.6 is 0 Å². The van der Waals surface area contributed by atoms with E-state index in [0.717, 1.165) is 19.3 Å². The van der Waals surface area contributed by atoms with Crippen LogP contribution < -0.4 is 25.8 Å². The van der Waals surface area contributed by atoms with Gasteiger partial charge in [0.2, 0.25) is 5.91 Å². The third-order valence-corrected chi connectivity index (χ3v) is 8.31. The summed E-state index contributed by atoms with van der Waals surface area (Å²) in [4.78, 5) is 44.2. The summed E-state index contributed by atoms with van der Waals surface area (Å²) in [6, 6.07) is 20.9. The standard InChI is InChI=1S/C39H50N4O6/c1-3-4-5-6-7-8-9-10-11-12-13-19-26-48-39(46)30-24-25-35(47-2)34(27-30)42-37(44)28-36-41-33-23-18-17-22-32(33)38(45)43(36)40-29-49-31-20-15-14-16-21-31/h14-18,20-25,27,40H,3-13,19,26,28-29H2,1-2H3,(H,42,44). The first-order valence-corrected chi connectivity index (χ1v) is 17.6. The highest BCUT2D eigenvalue weighted by molar-refractivity contribution is 5.97. The Morgan fingerprint density at radius 3 is 2.14 bits per heavy atom. The van der Waals surface area contributed by atoms with Gasteiger partial charge in [0.1, 0.15) is 17.3 Å². The van der Waals surface area contributed by atoms with Crippen LogP contribution in [0, 0.1) is 0 Å². The largest absolute Gasteiger partial charge is 0.495 e. The Hall–Kier alpha value is -4.86. The third kappa shape index (κ3) is 12.0. The number of esters is 1. The number of para-hydroxylation sites is 2. The number of aromatic nitrogens is 2. The summed E-state index contributed by atoms with van der Waals surface area (Å²) in [5, 5.41) is 3.21. The minimum Gasteiger partial charge on any atom is -0.495 e. The van der Waals surface area contributed by atoms with Crippen LogP contribution in [0.1, 0.15) is 100 Å². The Balaban J connectivity index is 1.29. The molecule has 0 aliphatic heterocycles. The molecule has 262 valence electrons. The molecule has 49 heavy (non-hydrogen) atoms. The van der Waals surface area contributed by atoms with E-state index in [1.807, 2.05) is 18.2 Å². The van der Waals surface area contributed by atoms with Gasteiger partial charge in [-0.15, -0.1) is 0 Å². The number of anilines is 1. The van der Waals surface area contributed by atoms with Crippen molar-refractivity contribution in [3.63, 3.8) is 0 Å². The Kier molecular flexibility index (Phi) is 15.5. The van der Waals surface area contributed by atoms with E-state index in [0.29, 0.717) is 40.3 Å². The van der Waals surface area contributed by atoms with Crippen LogP contribution in [-0.4, -0.2) is 42.0 Å². The summed E-state index contributed by atoms with van der Waals surface area (Å²) in [5.74, 6) is 0.269. The van der Waals surface area contributed by atoms with Gasteiger partial charge in [0.15, 0.2) is 6.73 Å². The number of rotatable bonds is 22. The van der Waals surface area contributed by atoms with Crippen LogP contribution in [0.2, 0.25) is 0 Å². The fourth-order valence-electron chi connectivity index (χ4n) is 5.62. The van der Waals surface area contributed by atoms with Gasteiger partial charge in [-0.2, -0.15) is 0 Å². The first-order chi connectivity index (χ1) is 24.0. The van der Waals surface area contributed by atoms with Crippen molar-refractivity contribution in [1.82, 2.24) is 9.66 Å². The van der Waals surface area contributed by atoms with E-state index < -0.39 is 11.9 Å². The number of amides is 1. The van der Waals surface area contributed by atoms with Crippen molar-refractivity contribution >= 4 is 28.5 Å². The van der Waals surface area contributed by atoms with E-state index >= 15 is 0 Å². The van der Waals surface area contributed by atoms with Crippen molar-refractivity contribution < 1.29 is 23.8 Å². The number of benzene rings is 3. The molecule has 0 saturated heterocycles. The molecule has 10 heteroatoms. The number of unbranched alkanes of at least 4 members (excludes halogenated alkanes) is 11. The maximum absolute atomic E-state index is 13.4. The molecule has 0 unspecified atom stereocenters. The summed E-state index contributed by atoms with van der Waals surface area (Å²) in [6.07, 6.45) is 14.6. The number of carbonyl (C=O) groups excluding carboxylic acids is 2. The van der Waals surface area contributed by atoms with Crippen LogP contribution in [0.5, 0.6) is 11.5 Å². The molecule has 0 saturated carbocycles. The lowest BCUT2D eigenvalue weighted by Gasteiger charge is -2.16. The van der Waals surface area contributed by atoms with Gasteiger partial charge < -0.3 is 19.5 Å². The molecule has 4 aromatic rings. The minimum atomic E-state index is -0.464. The Bertz CT molecular complexity index is 1670. The number of methoxy groups -OCH3 is 1. The van der Waals surface area contributed by atoms with Crippen LogP contribution in [0.15, 0.2) is 77.6 Å². The molecular formula is C39H50N4O6. The minimum absolute atomic E-state index is 0.0320. The average molecular weight is 671 g/mol. The Morgan fingerprint density at radius 2 is 1.45 bits per heavy atom. The van der Waals surface area contributed by atoms with E-state index in [2.05, 4.69) is 22.7 Å². The second-order valence-corrected chi connectivity index (χ2v) is 12.1. The molecule has 1 aromatic heterocycles. The van der Waals surface area contributed by atoms with Crippen molar-refractivity contribution in [1.29, 1.82) is 0 Å². The molecule has 0 spiro atoms. The highest BCUT2D eigenvalue weighted by Crippen LogP contribution is 2.26. The van der Waals surface area contributed by atoms with E-state index in [9.17, 15) is 14.4 Å². The fraction of sp³-hybridized carbons (Fsp3) is 0.436. The van der Waals surface area contributed by atoms with Crippen molar-refractivity contribution in [2.24, 2.45) is 0 Å². The Labute approximate surface area is 289 Å². The number of nitrogens with one attached hydrogen (secondary N) is 2. The van der Waals surface area contributed by atoms with Crippen LogP contribution in [0.4, 0.5) is 5.69 Å². The van der Waals surface area contributed by atoms with Crippen LogP contribution in [-0.2, 0) is 16.0 Å². The van der Waals surface area contributed by atoms with E-state index in [1.54, 1.807) is 48.5 Å². The molecule has 0 radical (unpaired) electrons. The van der Waals surface area contributed by atoms with Gasteiger partial charge in [0.05, 0.1) is 42.3 Å². The Morgan fingerprint density at radius 1 is 0.796 bits per heavy atom. The summed E-state index contributed by atoms with van der Waals surface area (Å²) >= 11 is 0. The SMILES string of the molecule is CCCCCCCCCCCCCCOC(=O)c1ccc(OC)c(NC(=O)Cc2nc3ccccc3c(=O)n2NCOc2ccccc2)c1. The second-order valence-electron chi connectivity index (χ2n) is 12.1. The summed E-state index contributed by atoms with van der Waals surface area (Å²) in [6.45, 7) is 2.56. The second kappa shape index (κ2) is 20.5. The molecule has 2 N–H and O–H groups in total. The number of fused-ring (bicyclic) bond motifs is 1. The summed E-state index contributed by atoms with van der Waals surface area (Å²) in [7, 11) is 1.48. The maximum Gasteiger partial charge on any atom is 0.338 e. The number of nitrogens with zero attached hydrogens (tertiary/aromatic N) is 2. The quantitative estimate of drug-likeness (QED) is 0.0490. The molecular weight excluding hydrogens is 620 g/mol. The number of carbonyl (C=O) groups is 2. The van der Waals surface area contributed by atoms with Gasteiger partial charge in [0, 0.05) is 0 Å². The lowest BCUT2D eigenvalue weighted by Crippen LogP contribution is -2.36. The van der Waals surface area contributed by atoms with Gasteiger partial charge in [-0.05, 0) is 48.9 Å². The predicted octanol–water partition coefficient (Wildman–Crippen LogP) is 8.02. The van der Waals surface area contributed by atoms with E-state index in [1.165, 1.54) is 75.6 Å². The summed E-state index contributed by atoms with van der Waals surface area (Å²) in [5.41, 5.74) is 3.66. The predicted molar refractivity (Wildman–Crippen MR) is 194 cm³/mol. The van der Waals surface area contributed by atoms with Crippen LogP contribution in [0.25, 0.3) is 10.9 Å². The zero-order valence-electron chi connectivity index (χ0n) is 28.9. The topological polar surface area (TPSA) is 121 Å². The van der Waals surface area contributed by atoms with Gasteiger partial charge in [0.25, 0.3) is 5.56 Å². The number of hydrogen-bond acceptors (Lipinski definition) is 8. The van der Waals surface area contributed by atoms with E-state index in [-0.39, 0.29) is 24.5 Å². The zero-order valence-corrected chi connectivity index (χ0v) is 28.9. The highest BCUT2D eigenvalue weighted by Gasteiger charge is 2.18. The zero-order chi connectivity index (χ0) is 34.7. The molecule has 1 amide bonds. The summed E-state index contributed by atoms with van der Waals surface area (Å²) < 4.78 is 17.9. The number of ether oxygens (including phenoxy) is 3. The lowest BCUT2D eigenvalue weighted by molar-refractivity contribution is -0.115. The molecule has 1 heterocycles. The molecule has 10 nitrogen and oxygen atoms in total. The van der Waals surface area contributed by atoms with Gasteiger partial charge in [-0.1, -0.05) is 108 Å². The molecule has 0 bridgehead atoms. The molecule has 0 atom stereocenters. The van der Waals surface area contributed by atoms with Crippen molar-refractivity contribution in [3.8, 4) is 11.5 Å². The molecule has 0 aliphatic rings. The smallest absolute Gasteiger partial charge is 0.338 e. The van der Waals surface area contributed by atoms with Gasteiger partial charge in [-0.3, -0.25) is 15.0 Å². The van der Waals surface area contributed by atoms with E-state index in [4.69, 9.17) is 14.2 Å². The van der Waals surface area contributed by atoms with Crippen molar-refractivity contribution in [2.75, 3.05) is 31.2 Å². The first-order valence-electron chi connectivity index (χ1n) is 17.6. The maximum atomic E-state index is 13.4. The van der Waals surface area contributed by atoms with Crippen molar-refractivity contribution in [2.45, 2.75) is 90.4 Å². The monoisotopic (exact) mass is 670 g/mol. The fourth-order valence-corrected chi connectivity index (χ4v) is 5.62. The molecule has 0 fully saturated rings. The van der Waals surface area contributed by atoms with Crippen molar-refractivity contribution in [3.05, 3.63) is 94.5 Å². The van der Waals surface area contributed by atoms with Gasteiger partial charge in [-0.25, -0.2) is 14.5 Å².